The minimum Gasteiger partial charge on any atom is -0.492 e. The maximum absolute atomic E-state index is 10.6. The minimum atomic E-state index is -1.05. The fraction of sp³-hybridized carbons (Fsp3) is 0.143. The second-order valence-corrected chi connectivity index (χ2v) is 4.35. The molecule has 0 aliphatic heterocycles. The normalized spacial score (nSPS) is 10.2. The molecule has 0 amide bonds. The maximum atomic E-state index is 10.6. The van der Waals surface area contributed by atoms with Crippen LogP contribution in [0.2, 0.25) is 5.02 Å². The van der Waals surface area contributed by atoms with Crippen molar-refractivity contribution in [3.05, 3.63) is 58.9 Å². The third-order valence-electron chi connectivity index (χ3n) is 2.50. The van der Waals surface area contributed by atoms with Gasteiger partial charge in [0.25, 0.3) is 0 Å². The van der Waals surface area contributed by atoms with E-state index in [9.17, 15) is 4.79 Å². The molecule has 98 valence electrons. The Labute approximate surface area is 115 Å². The van der Waals surface area contributed by atoms with E-state index in [2.05, 4.69) is 4.98 Å². The van der Waals surface area contributed by atoms with Crippen molar-refractivity contribution in [2.75, 3.05) is 6.61 Å². The molecule has 0 saturated heterocycles. The van der Waals surface area contributed by atoms with Crippen molar-refractivity contribution < 1.29 is 14.6 Å². The number of ether oxygens (including phenoxy) is 1. The molecule has 0 aliphatic rings. The van der Waals surface area contributed by atoms with Gasteiger partial charge in [-0.3, -0.25) is 0 Å². The second-order valence-electron chi connectivity index (χ2n) is 3.91. The molecular weight excluding hydrogens is 266 g/mol. The highest BCUT2D eigenvalue weighted by Crippen LogP contribution is 2.13. The molecule has 0 saturated carbocycles. The molecule has 2 rings (SSSR count). The van der Waals surface area contributed by atoms with Gasteiger partial charge in [-0.05, 0) is 29.8 Å². The van der Waals surface area contributed by atoms with Crippen molar-refractivity contribution in [2.24, 2.45) is 0 Å². The van der Waals surface area contributed by atoms with Crippen molar-refractivity contribution in [2.45, 2.75) is 6.42 Å². The van der Waals surface area contributed by atoms with Gasteiger partial charge in [-0.2, -0.15) is 0 Å². The van der Waals surface area contributed by atoms with Crippen LogP contribution < -0.4 is 4.74 Å². The van der Waals surface area contributed by atoms with Gasteiger partial charge in [0.15, 0.2) is 0 Å². The standard InChI is InChI=1S/C14H12ClNO3/c15-11-3-1-2-10(8-11)6-7-19-12-4-5-13(14(17)18)16-9-12/h1-5,8-9H,6-7H2,(H,17,18). The topological polar surface area (TPSA) is 59.4 Å². The van der Waals surface area contributed by atoms with E-state index in [4.69, 9.17) is 21.4 Å². The third kappa shape index (κ3) is 3.96. The number of nitrogens with zero attached hydrogens (tertiary/aromatic N) is 1. The molecule has 0 fully saturated rings. The van der Waals surface area contributed by atoms with Gasteiger partial charge in [0.1, 0.15) is 11.4 Å². The van der Waals surface area contributed by atoms with Gasteiger partial charge >= 0.3 is 5.97 Å². The SMILES string of the molecule is O=C(O)c1ccc(OCCc2cccc(Cl)c2)cn1. The van der Waals surface area contributed by atoms with Crippen molar-refractivity contribution in [1.29, 1.82) is 0 Å². The molecule has 0 bridgehead atoms. The number of carboxylic acid groups (broad SMARTS) is 1. The lowest BCUT2D eigenvalue weighted by Crippen LogP contribution is -2.03. The smallest absolute Gasteiger partial charge is 0.354 e. The number of aromatic nitrogens is 1. The fourth-order valence-electron chi connectivity index (χ4n) is 1.57. The summed E-state index contributed by atoms with van der Waals surface area (Å²) in [5.41, 5.74) is 1.09. The van der Waals surface area contributed by atoms with Gasteiger partial charge in [0.2, 0.25) is 0 Å². The monoisotopic (exact) mass is 277 g/mol. The summed E-state index contributed by atoms with van der Waals surface area (Å²) in [6.45, 7) is 0.481. The summed E-state index contributed by atoms with van der Waals surface area (Å²) in [4.78, 5) is 14.4. The van der Waals surface area contributed by atoms with E-state index in [1.54, 1.807) is 6.07 Å². The molecule has 0 atom stereocenters. The Morgan fingerprint density at radius 3 is 2.79 bits per heavy atom. The van der Waals surface area contributed by atoms with Gasteiger partial charge in [0.05, 0.1) is 12.8 Å². The van der Waals surface area contributed by atoms with E-state index in [-0.39, 0.29) is 5.69 Å². The van der Waals surface area contributed by atoms with E-state index in [0.29, 0.717) is 17.4 Å². The number of carbonyl (C=O) groups is 1. The third-order valence-corrected chi connectivity index (χ3v) is 2.74. The lowest BCUT2D eigenvalue weighted by atomic mass is 10.2. The van der Waals surface area contributed by atoms with E-state index < -0.39 is 5.97 Å². The van der Waals surface area contributed by atoms with Gasteiger partial charge in [-0.25, -0.2) is 9.78 Å². The lowest BCUT2D eigenvalue weighted by Gasteiger charge is -2.06. The molecule has 5 heteroatoms. The molecule has 1 N–H and O–H groups in total. The number of carboxylic acids is 1. The van der Waals surface area contributed by atoms with E-state index in [0.717, 1.165) is 12.0 Å². The first kappa shape index (κ1) is 13.4. The molecule has 0 unspecified atom stereocenters. The molecule has 0 aliphatic carbocycles. The predicted molar refractivity (Wildman–Crippen MR) is 71.8 cm³/mol. The number of rotatable bonds is 5. The number of pyridine rings is 1. The van der Waals surface area contributed by atoms with Crippen LogP contribution in [0.4, 0.5) is 0 Å². The first-order chi connectivity index (χ1) is 9.15. The summed E-state index contributed by atoms with van der Waals surface area (Å²) in [7, 11) is 0. The Balaban J connectivity index is 1.87. The zero-order valence-electron chi connectivity index (χ0n) is 10.0. The largest absolute Gasteiger partial charge is 0.492 e. The van der Waals surface area contributed by atoms with Crippen LogP contribution in [0.25, 0.3) is 0 Å². The summed E-state index contributed by atoms with van der Waals surface area (Å²) in [6.07, 6.45) is 2.13. The van der Waals surface area contributed by atoms with Crippen LogP contribution in [0, 0.1) is 0 Å². The highest BCUT2D eigenvalue weighted by Gasteiger charge is 2.04. The van der Waals surface area contributed by atoms with Crippen LogP contribution in [-0.2, 0) is 6.42 Å². The average molecular weight is 278 g/mol. The molecule has 0 radical (unpaired) electrons. The van der Waals surface area contributed by atoms with Gasteiger partial charge in [0, 0.05) is 11.4 Å². The van der Waals surface area contributed by atoms with Crippen LogP contribution in [0.15, 0.2) is 42.6 Å². The molecule has 2 aromatic rings. The van der Waals surface area contributed by atoms with E-state index in [1.165, 1.54) is 12.3 Å². The maximum Gasteiger partial charge on any atom is 0.354 e. The van der Waals surface area contributed by atoms with Crippen LogP contribution in [0.3, 0.4) is 0 Å². The highest BCUT2D eigenvalue weighted by molar-refractivity contribution is 6.30. The summed E-state index contributed by atoms with van der Waals surface area (Å²) in [6, 6.07) is 10.6. The molecule has 1 aromatic heterocycles. The molecule has 4 nitrogen and oxygen atoms in total. The zero-order valence-corrected chi connectivity index (χ0v) is 10.8. The van der Waals surface area contributed by atoms with Gasteiger partial charge in [-0.15, -0.1) is 0 Å². The van der Waals surface area contributed by atoms with Crippen LogP contribution in [-0.4, -0.2) is 22.7 Å². The van der Waals surface area contributed by atoms with E-state index in [1.807, 2.05) is 24.3 Å². The number of halogens is 1. The van der Waals surface area contributed by atoms with Gasteiger partial charge in [-0.1, -0.05) is 23.7 Å². The van der Waals surface area contributed by atoms with Crippen molar-refractivity contribution in [3.8, 4) is 5.75 Å². The molecule has 1 heterocycles. The number of hydrogen-bond donors (Lipinski definition) is 1. The summed E-state index contributed by atoms with van der Waals surface area (Å²) in [5, 5.41) is 9.41. The predicted octanol–water partition coefficient (Wildman–Crippen LogP) is 3.05. The number of aromatic carboxylic acids is 1. The van der Waals surface area contributed by atoms with Crippen LogP contribution in [0.1, 0.15) is 16.1 Å². The molecular formula is C14H12ClNO3. The summed E-state index contributed by atoms with van der Waals surface area (Å²) in [5.74, 6) is -0.502. The van der Waals surface area contributed by atoms with E-state index >= 15 is 0 Å². The van der Waals surface area contributed by atoms with Crippen molar-refractivity contribution >= 4 is 17.6 Å². The zero-order chi connectivity index (χ0) is 13.7. The summed E-state index contributed by atoms with van der Waals surface area (Å²) >= 11 is 5.88. The first-order valence-electron chi connectivity index (χ1n) is 5.72. The quantitative estimate of drug-likeness (QED) is 0.912. The lowest BCUT2D eigenvalue weighted by molar-refractivity contribution is 0.0690. The Hall–Kier alpha value is -2.07. The van der Waals surface area contributed by atoms with Crippen molar-refractivity contribution in [3.63, 3.8) is 0 Å². The second kappa shape index (κ2) is 6.20. The molecule has 1 aromatic carbocycles. The Bertz CT molecular complexity index is 569. The Kier molecular flexibility index (Phi) is 4.36. The van der Waals surface area contributed by atoms with Crippen LogP contribution >= 0.6 is 11.6 Å². The number of hydrogen-bond acceptors (Lipinski definition) is 3. The molecule has 0 spiro atoms. The van der Waals surface area contributed by atoms with Crippen molar-refractivity contribution in [1.82, 2.24) is 4.98 Å². The van der Waals surface area contributed by atoms with Crippen LogP contribution in [0.5, 0.6) is 5.75 Å². The minimum absolute atomic E-state index is 0.00203. The Morgan fingerprint density at radius 2 is 2.16 bits per heavy atom. The fourth-order valence-corrected chi connectivity index (χ4v) is 1.78. The molecule has 19 heavy (non-hydrogen) atoms. The number of benzene rings is 1. The Morgan fingerprint density at radius 1 is 1.32 bits per heavy atom. The summed E-state index contributed by atoms with van der Waals surface area (Å²) < 4.78 is 5.49. The average Bonchev–Trinajstić information content (AvgIpc) is 2.39. The highest BCUT2D eigenvalue weighted by atomic mass is 35.5. The first-order valence-corrected chi connectivity index (χ1v) is 6.09. The van der Waals surface area contributed by atoms with Gasteiger partial charge < -0.3 is 9.84 Å².